The molecule has 7 heteroatoms. The first-order chi connectivity index (χ1) is 11.3. The Balaban J connectivity index is 2.26. The molecule has 0 atom stereocenters. The van der Waals surface area contributed by atoms with Gasteiger partial charge in [-0.2, -0.15) is 13.2 Å². The van der Waals surface area contributed by atoms with Gasteiger partial charge in [-0.05, 0) is 31.4 Å². The van der Waals surface area contributed by atoms with Crippen molar-refractivity contribution in [2.45, 2.75) is 32.4 Å². The number of nitrogens with zero attached hydrogens (tertiary/aromatic N) is 2. The summed E-state index contributed by atoms with van der Waals surface area (Å²) in [5, 5.41) is 3.07. The highest BCUT2D eigenvalue weighted by Gasteiger charge is 2.25. The number of halogens is 3. The van der Waals surface area contributed by atoms with E-state index in [-0.39, 0.29) is 6.42 Å². The van der Waals surface area contributed by atoms with E-state index in [1.807, 2.05) is 43.1 Å². The van der Waals surface area contributed by atoms with Gasteiger partial charge in [0.15, 0.2) is 5.96 Å². The van der Waals surface area contributed by atoms with Crippen molar-refractivity contribution in [3.05, 3.63) is 29.8 Å². The highest BCUT2D eigenvalue weighted by atomic mass is 19.4. The largest absolute Gasteiger partial charge is 0.491 e. The summed E-state index contributed by atoms with van der Waals surface area (Å²) in [5.74, 6) is 1.50. The molecular formula is C17H26F3N3O. The topological polar surface area (TPSA) is 36.9 Å². The van der Waals surface area contributed by atoms with Crippen molar-refractivity contribution >= 4 is 5.96 Å². The normalized spacial score (nSPS) is 12.2. The van der Waals surface area contributed by atoms with Crippen molar-refractivity contribution in [2.75, 3.05) is 33.8 Å². The van der Waals surface area contributed by atoms with E-state index in [4.69, 9.17) is 4.74 Å². The average Bonchev–Trinajstić information content (AvgIpc) is 2.51. The van der Waals surface area contributed by atoms with Crippen molar-refractivity contribution in [1.29, 1.82) is 0 Å². The molecule has 0 saturated carbocycles. The lowest BCUT2D eigenvalue weighted by atomic mass is 10.2. The first kappa shape index (κ1) is 20.1. The highest BCUT2D eigenvalue weighted by molar-refractivity contribution is 5.79. The SMILES string of the molecule is CN=C(NCCCCC(F)(F)F)N(C)CCOc1ccccc1C. The summed E-state index contributed by atoms with van der Waals surface area (Å²) in [6.45, 7) is 3.57. The fraction of sp³-hybridized carbons (Fsp3) is 0.588. The van der Waals surface area contributed by atoms with Crippen molar-refractivity contribution in [1.82, 2.24) is 10.2 Å². The van der Waals surface area contributed by atoms with Gasteiger partial charge in [0.2, 0.25) is 0 Å². The average molecular weight is 345 g/mol. The number of guanidine groups is 1. The van der Waals surface area contributed by atoms with Gasteiger partial charge in [0, 0.05) is 27.1 Å². The van der Waals surface area contributed by atoms with Crippen LogP contribution in [0.25, 0.3) is 0 Å². The third kappa shape index (κ3) is 8.08. The Bertz CT molecular complexity index is 518. The maximum atomic E-state index is 12.1. The number of unbranched alkanes of at least 4 members (excludes halogenated alkanes) is 1. The molecule has 0 aliphatic rings. The predicted molar refractivity (Wildman–Crippen MR) is 90.6 cm³/mol. The van der Waals surface area contributed by atoms with E-state index >= 15 is 0 Å². The molecule has 0 fully saturated rings. The number of aliphatic imine (C=N–C) groups is 1. The number of hydrogen-bond acceptors (Lipinski definition) is 2. The molecule has 0 amide bonds. The van der Waals surface area contributed by atoms with Crippen LogP contribution in [-0.4, -0.2) is 50.8 Å². The zero-order valence-electron chi connectivity index (χ0n) is 14.5. The van der Waals surface area contributed by atoms with Gasteiger partial charge in [-0.25, -0.2) is 0 Å². The van der Waals surface area contributed by atoms with Crippen LogP contribution in [0.1, 0.15) is 24.8 Å². The first-order valence-electron chi connectivity index (χ1n) is 8.00. The molecule has 1 aromatic rings. The summed E-state index contributed by atoms with van der Waals surface area (Å²) in [4.78, 5) is 6.02. The Morgan fingerprint density at radius 2 is 1.96 bits per heavy atom. The van der Waals surface area contributed by atoms with Crippen LogP contribution in [-0.2, 0) is 0 Å². The number of likely N-dealkylation sites (N-methyl/N-ethyl adjacent to an activating group) is 1. The Kier molecular flexibility index (Phi) is 8.43. The molecule has 1 aromatic carbocycles. The third-order valence-electron chi connectivity index (χ3n) is 3.52. The number of ether oxygens (including phenoxy) is 1. The minimum absolute atomic E-state index is 0.119. The molecule has 1 rings (SSSR count). The quantitative estimate of drug-likeness (QED) is 0.444. The number of benzene rings is 1. The van der Waals surface area contributed by atoms with Crippen LogP contribution in [0, 0.1) is 6.92 Å². The molecule has 0 radical (unpaired) electrons. The fourth-order valence-corrected chi connectivity index (χ4v) is 2.15. The van der Waals surface area contributed by atoms with Gasteiger partial charge in [0.1, 0.15) is 12.4 Å². The van der Waals surface area contributed by atoms with Gasteiger partial charge in [0.05, 0.1) is 6.54 Å². The number of rotatable bonds is 8. The molecule has 0 bridgehead atoms. The van der Waals surface area contributed by atoms with E-state index in [2.05, 4.69) is 10.3 Å². The van der Waals surface area contributed by atoms with Gasteiger partial charge >= 0.3 is 6.18 Å². The Morgan fingerprint density at radius 3 is 2.58 bits per heavy atom. The molecule has 0 saturated heterocycles. The molecule has 1 N–H and O–H groups in total. The van der Waals surface area contributed by atoms with Crippen molar-refractivity contribution in [3.63, 3.8) is 0 Å². The van der Waals surface area contributed by atoms with Crippen LogP contribution >= 0.6 is 0 Å². The van der Waals surface area contributed by atoms with E-state index < -0.39 is 12.6 Å². The summed E-state index contributed by atoms with van der Waals surface area (Å²) >= 11 is 0. The standard InChI is InChI=1S/C17H26F3N3O/c1-14-8-4-5-9-15(14)24-13-12-23(3)16(21-2)22-11-7-6-10-17(18,19)20/h4-5,8-9H,6-7,10-13H2,1-3H3,(H,21,22). The van der Waals surface area contributed by atoms with Crippen LogP contribution in [0.15, 0.2) is 29.3 Å². The Labute approximate surface area is 141 Å². The van der Waals surface area contributed by atoms with Crippen LogP contribution in [0.2, 0.25) is 0 Å². The lowest BCUT2D eigenvalue weighted by Crippen LogP contribution is -2.41. The van der Waals surface area contributed by atoms with Crippen molar-refractivity contribution < 1.29 is 17.9 Å². The summed E-state index contributed by atoms with van der Waals surface area (Å²) in [6.07, 6.45) is -4.25. The van der Waals surface area contributed by atoms with E-state index in [9.17, 15) is 13.2 Å². The molecule has 0 aliphatic carbocycles. The lowest BCUT2D eigenvalue weighted by molar-refractivity contribution is -0.135. The predicted octanol–water partition coefficient (Wildman–Crippen LogP) is 3.61. The van der Waals surface area contributed by atoms with E-state index in [1.165, 1.54) is 0 Å². The van der Waals surface area contributed by atoms with Crippen LogP contribution < -0.4 is 10.1 Å². The van der Waals surface area contributed by atoms with Gasteiger partial charge in [-0.15, -0.1) is 0 Å². The second kappa shape index (κ2) is 10.1. The molecule has 0 unspecified atom stereocenters. The molecule has 0 aromatic heterocycles. The summed E-state index contributed by atoms with van der Waals surface area (Å²) < 4.78 is 42.0. The minimum atomic E-state index is -4.08. The number of hydrogen-bond donors (Lipinski definition) is 1. The van der Waals surface area contributed by atoms with Crippen LogP contribution in [0.3, 0.4) is 0 Å². The molecule has 0 heterocycles. The number of alkyl halides is 3. The van der Waals surface area contributed by atoms with Crippen molar-refractivity contribution in [3.8, 4) is 5.75 Å². The summed E-state index contributed by atoms with van der Waals surface area (Å²) in [7, 11) is 3.52. The third-order valence-corrected chi connectivity index (χ3v) is 3.52. The Hall–Kier alpha value is -1.92. The van der Waals surface area contributed by atoms with E-state index in [0.29, 0.717) is 32.1 Å². The Morgan fingerprint density at radius 1 is 1.25 bits per heavy atom. The molecule has 4 nitrogen and oxygen atoms in total. The molecule has 24 heavy (non-hydrogen) atoms. The molecule has 0 spiro atoms. The van der Waals surface area contributed by atoms with Crippen LogP contribution in [0.5, 0.6) is 5.75 Å². The maximum Gasteiger partial charge on any atom is 0.389 e. The second-order valence-electron chi connectivity index (χ2n) is 5.58. The minimum Gasteiger partial charge on any atom is -0.491 e. The van der Waals surface area contributed by atoms with Crippen molar-refractivity contribution in [2.24, 2.45) is 4.99 Å². The molecular weight excluding hydrogens is 319 g/mol. The highest BCUT2D eigenvalue weighted by Crippen LogP contribution is 2.21. The van der Waals surface area contributed by atoms with Gasteiger partial charge in [-0.3, -0.25) is 4.99 Å². The molecule has 0 aliphatic heterocycles. The second-order valence-corrected chi connectivity index (χ2v) is 5.58. The number of aryl methyl sites for hydroxylation is 1. The smallest absolute Gasteiger partial charge is 0.389 e. The summed E-state index contributed by atoms with van der Waals surface area (Å²) in [6, 6.07) is 7.79. The van der Waals surface area contributed by atoms with E-state index in [1.54, 1.807) is 7.05 Å². The van der Waals surface area contributed by atoms with Gasteiger partial charge in [-0.1, -0.05) is 18.2 Å². The summed E-state index contributed by atoms with van der Waals surface area (Å²) in [5.41, 5.74) is 1.08. The first-order valence-corrected chi connectivity index (χ1v) is 8.00. The molecule has 136 valence electrons. The maximum absolute atomic E-state index is 12.1. The number of para-hydroxylation sites is 1. The van der Waals surface area contributed by atoms with Gasteiger partial charge in [0.25, 0.3) is 0 Å². The zero-order chi connectivity index (χ0) is 18.0. The fourth-order valence-electron chi connectivity index (χ4n) is 2.15. The monoisotopic (exact) mass is 345 g/mol. The number of nitrogens with one attached hydrogen (secondary N) is 1. The van der Waals surface area contributed by atoms with Crippen LogP contribution in [0.4, 0.5) is 13.2 Å². The zero-order valence-corrected chi connectivity index (χ0v) is 14.5. The van der Waals surface area contributed by atoms with Gasteiger partial charge < -0.3 is 15.0 Å². The van der Waals surface area contributed by atoms with E-state index in [0.717, 1.165) is 11.3 Å². The lowest BCUT2D eigenvalue weighted by Gasteiger charge is -2.22.